The first-order chi connectivity index (χ1) is 18.3. The fourth-order valence-electron chi connectivity index (χ4n) is 5.31. The number of carboxylic acids is 2. The molecule has 0 unspecified atom stereocenters. The van der Waals surface area contributed by atoms with Gasteiger partial charge >= 0.3 is 18.1 Å². The molecule has 2 aromatic rings. The molecule has 14 heteroatoms. The zero-order valence-corrected chi connectivity index (χ0v) is 23.1. The molecule has 0 radical (unpaired) electrons. The van der Waals surface area contributed by atoms with Crippen molar-refractivity contribution in [2.24, 2.45) is 0 Å². The Morgan fingerprint density at radius 3 is 2.41 bits per heavy atom. The van der Waals surface area contributed by atoms with Crippen LogP contribution in [-0.4, -0.2) is 78.2 Å². The average Bonchev–Trinajstić information content (AvgIpc) is 3.48. The van der Waals surface area contributed by atoms with Gasteiger partial charge in [-0.1, -0.05) is 6.07 Å². The van der Waals surface area contributed by atoms with E-state index in [2.05, 4.69) is 34.7 Å². The minimum atomic E-state index is -5.08. The second kappa shape index (κ2) is 12.4. The van der Waals surface area contributed by atoms with E-state index in [-0.39, 0.29) is 16.3 Å². The van der Waals surface area contributed by atoms with Gasteiger partial charge in [0.1, 0.15) is 4.88 Å². The summed E-state index contributed by atoms with van der Waals surface area (Å²) in [6, 6.07) is 8.66. The zero-order valence-electron chi connectivity index (χ0n) is 21.5. The quantitative estimate of drug-likeness (QED) is 0.357. The molecule has 1 aliphatic heterocycles. The topological polar surface area (TPSA) is 120 Å². The molecular formula is C25H30F3N3O6S2. The van der Waals surface area contributed by atoms with Crippen LogP contribution in [0.4, 0.5) is 18.9 Å². The number of alkyl halides is 3. The molecule has 0 amide bonds. The third kappa shape index (κ3) is 6.92. The number of hydrogen-bond donors (Lipinski definition) is 4. The van der Waals surface area contributed by atoms with E-state index < -0.39 is 18.1 Å². The molecule has 4 N–H and O–H groups in total. The van der Waals surface area contributed by atoms with Crippen LogP contribution in [0.1, 0.15) is 40.9 Å². The highest BCUT2D eigenvalue weighted by molar-refractivity contribution is 7.80. The van der Waals surface area contributed by atoms with Crippen molar-refractivity contribution in [2.45, 2.75) is 49.4 Å². The summed E-state index contributed by atoms with van der Waals surface area (Å²) in [7, 11) is 5.53. The molecule has 9 nitrogen and oxygen atoms in total. The Hall–Kier alpha value is -3.10. The average molecular weight is 590 g/mol. The van der Waals surface area contributed by atoms with Crippen molar-refractivity contribution in [1.82, 2.24) is 10.2 Å². The van der Waals surface area contributed by atoms with Gasteiger partial charge in [0, 0.05) is 17.5 Å². The molecule has 2 fully saturated rings. The fraction of sp³-hybridized carbons (Fsp3) is 0.480. The largest absolute Gasteiger partial charge is 0.493 e. The summed E-state index contributed by atoms with van der Waals surface area (Å²) in [4.78, 5) is 23.0. The van der Waals surface area contributed by atoms with Crippen LogP contribution in [0.2, 0.25) is 0 Å². The third-order valence-corrected chi connectivity index (χ3v) is 8.29. The van der Waals surface area contributed by atoms with Crippen molar-refractivity contribution in [3.63, 3.8) is 0 Å². The molecule has 4 rings (SSSR count). The summed E-state index contributed by atoms with van der Waals surface area (Å²) in [5.41, 5.74) is 1.91. The second-order valence-electron chi connectivity index (χ2n) is 9.31. The first kappa shape index (κ1) is 30.4. The number of aromatic carboxylic acids is 1. The smallest absolute Gasteiger partial charge is 0.490 e. The van der Waals surface area contributed by atoms with Gasteiger partial charge in [-0.2, -0.15) is 13.2 Å². The number of thiocarbonyl (C=S) groups is 1. The molecular weight excluding hydrogens is 559 g/mol. The number of ether oxygens (including phenoxy) is 2. The Morgan fingerprint density at radius 2 is 1.82 bits per heavy atom. The number of nitrogens with zero attached hydrogens (tertiary/aromatic N) is 1. The summed E-state index contributed by atoms with van der Waals surface area (Å²) >= 11 is 6.69. The molecule has 1 aromatic carbocycles. The highest BCUT2D eigenvalue weighted by atomic mass is 32.1. The number of fused-ring (bicyclic) bond motifs is 1. The van der Waals surface area contributed by atoms with Crippen molar-refractivity contribution < 1.29 is 42.4 Å². The van der Waals surface area contributed by atoms with E-state index in [9.17, 15) is 23.1 Å². The normalized spacial score (nSPS) is 22.6. The summed E-state index contributed by atoms with van der Waals surface area (Å²) in [6.07, 6.45) is -0.995. The van der Waals surface area contributed by atoms with E-state index in [0.29, 0.717) is 16.8 Å². The van der Waals surface area contributed by atoms with Crippen molar-refractivity contribution >= 4 is 46.3 Å². The molecule has 1 aromatic heterocycles. The van der Waals surface area contributed by atoms with Crippen LogP contribution in [0, 0.1) is 0 Å². The molecule has 1 saturated carbocycles. The van der Waals surface area contributed by atoms with E-state index >= 15 is 0 Å². The third-order valence-electron chi connectivity index (χ3n) is 7.17. The number of anilines is 1. The summed E-state index contributed by atoms with van der Waals surface area (Å²) in [6.45, 7) is 1.05. The van der Waals surface area contributed by atoms with Crippen LogP contribution in [-0.2, 0) is 10.2 Å². The Labute approximate surface area is 232 Å². The van der Waals surface area contributed by atoms with Gasteiger partial charge < -0.3 is 35.2 Å². The number of hydrogen-bond acceptors (Lipinski definition) is 7. The fourth-order valence-corrected chi connectivity index (χ4v) is 6.28. The SMILES string of the molecule is COc1ccc([C@@]23CC[C@@H](NC(=S)Nc4ccsc4C(=O)O)C[C@@H]2N(C)CC3)cc1OC.O=C(O)C(F)(F)F. The van der Waals surface area contributed by atoms with Gasteiger partial charge in [0.25, 0.3) is 0 Å². The second-order valence-corrected chi connectivity index (χ2v) is 10.6. The highest BCUT2D eigenvalue weighted by Gasteiger charge is 2.50. The van der Waals surface area contributed by atoms with Crippen molar-refractivity contribution in [3.05, 3.63) is 40.1 Å². The first-order valence-corrected chi connectivity index (χ1v) is 13.2. The van der Waals surface area contributed by atoms with E-state index in [1.165, 1.54) is 16.9 Å². The van der Waals surface area contributed by atoms with Gasteiger partial charge in [-0.05, 0) is 80.6 Å². The number of rotatable bonds is 6. The molecule has 1 aliphatic carbocycles. The summed E-state index contributed by atoms with van der Waals surface area (Å²) in [5, 5.41) is 25.1. The van der Waals surface area contributed by atoms with Crippen LogP contribution in [0.25, 0.3) is 0 Å². The predicted octanol–water partition coefficient (Wildman–Crippen LogP) is 4.58. The number of aliphatic carboxylic acids is 1. The van der Waals surface area contributed by atoms with Crippen molar-refractivity contribution in [1.29, 1.82) is 0 Å². The van der Waals surface area contributed by atoms with E-state index in [1.54, 1.807) is 25.7 Å². The lowest BCUT2D eigenvalue weighted by molar-refractivity contribution is -0.192. The number of nitrogens with one attached hydrogen (secondary N) is 2. The minimum Gasteiger partial charge on any atom is -0.493 e. The molecule has 2 aliphatic rings. The van der Waals surface area contributed by atoms with Crippen molar-refractivity contribution in [3.8, 4) is 11.5 Å². The van der Waals surface area contributed by atoms with Gasteiger partial charge in [0.2, 0.25) is 0 Å². The highest BCUT2D eigenvalue weighted by Crippen LogP contribution is 2.49. The van der Waals surface area contributed by atoms with Gasteiger partial charge in [-0.15, -0.1) is 11.3 Å². The number of likely N-dealkylation sites (tertiary alicyclic amines) is 1. The summed E-state index contributed by atoms with van der Waals surface area (Å²) < 4.78 is 42.7. The number of carbonyl (C=O) groups is 2. The Balaban J connectivity index is 0.000000532. The van der Waals surface area contributed by atoms with Gasteiger partial charge in [-0.25, -0.2) is 9.59 Å². The molecule has 0 spiro atoms. The van der Waals surface area contributed by atoms with Crippen LogP contribution in [0.3, 0.4) is 0 Å². The first-order valence-electron chi connectivity index (χ1n) is 11.9. The maximum absolute atomic E-state index is 11.4. The van der Waals surface area contributed by atoms with E-state index in [1.807, 2.05) is 6.07 Å². The number of likely N-dealkylation sites (N-methyl/N-ethyl adjacent to an activating group) is 1. The summed E-state index contributed by atoms with van der Waals surface area (Å²) in [5.74, 6) is -2.19. The van der Waals surface area contributed by atoms with E-state index in [0.717, 1.165) is 43.7 Å². The standard InChI is InChI=1S/C23H29N3O4S2.C2HF3O2/c1-26-10-9-23(14-4-5-17(29-2)18(12-14)30-3)8-6-15(13-19(23)26)24-22(31)25-16-7-11-32-20(16)21(27)28;3-2(4,5)1(6)7/h4-5,7,11-12,15,19H,6,8-10,13H2,1-3H3,(H,27,28)(H2,24,25,31);(H,6,7)/t15-,19+,23+;/m1./s1. The maximum Gasteiger partial charge on any atom is 0.490 e. The molecule has 2 heterocycles. The van der Waals surface area contributed by atoms with Crippen LogP contribution in [0.5, 0.6) is 11.5 Å². The lowest BCUT2D eigenvalue weighted by Crippen LogP contribution is -2.52. The monoisotopic (exact) mass is 589 g/mol. The van der Waals surface area contributed by atoms with Gasteiger partial charge in [0.15, 0.2) is 16.6 Å². The molecule has 39 heavy (non-hydrogen) atoms. The lowest BCUT2D eigenvalue weighted by atomic mass is 9.65. The maximum atomic E-state index is 11.4. The Bertz CT molecular complexity index is 1210. The number of methoxy groups -OCH3 is 2. The van der Waals surface area contributed by atoms with Gasteiger partial charge in [0.05, 0.1) is 19.9 Å². The minimum absolute atomic E-state index is 0.0748. The number of halogens is 3. The number of benzene rings is 1. The lowest BCUT2D eigenvalue weighted by Gasteiger charge is -2.45. The number of thiophene rings is 1. The van der Waals surface area contributed by atoms with Crippen molar-refractivity contribution in [2.75, 3.05) is 33.1 Å². The van der Waals surface area contributed by atoms with Crippen LogP contribution in [0.15, 0.2) is 29.6 Å². The molecule has 1 saturated heterocycles. The molecule has 3 atom stereocenters. The molecule has 214 valence electrons. The van der Waals surface area contributed by atoms with Crippen LogP contribution >= 0.6 is 23.6 Å². The van der Waals surface area contributed by atoms with E-state index in [4.69, 9.17) is 31.6 Å². The number of carboxylic acid groups (broad SMARTS) is 2. The molecule has 0 bridgehead atoms. The zero-order chi connectivity index (χ0) is 29.0. The Morgan fingerprint density at radius 1 is 1.15 bits per heavy atom. The Kier molecular flexibility index (Phi) is 9.67. The predicted molar refractivity (Wildman–Crippen MR) is 144 cm³/mol. The van der Waals surface area contributed by atoms with Crippen LogP contribution < -0.4 is 20.1 Å². The van der Waals surface area contributed by atoms with Gasteiger partial charge in [-0.3, -0.25) is 0 Å².